The van der Waals surface area contributed by atoms with Crippen LogP contribution in [0.3, 0.4) is 0 Å². The van der Waals surface area contributed by atoms with Crippen molar-refractivity contribution >= 4 is 45.1 Å². The summed E-state index contributed by atoms with van der Waals surface area (Å²) in [5, 5.41) is 14.6. The summed E-state index contributed by atoms with van der Waals surface area (Å²) >= 11 is 6.15. The number of benzene rings is 3. The van der Waals surface area contributed by atoms with E-state index in [1.54, 1.807) is 31.2 Å². The molecule has 10 heteroatoms. The maximum absolute atomic E-state index is 13.1. The summed E-state index contributed by atoms with van der Waals surface area (Å²) in [7, 11) is 0. The Hall–Kier alpha value is -4.76. The molecule has 0 bridgehead atoms. The van der Waals surface area contributed by atoms with Gasteiger partial charge in [0.25, 0.3) is 5.56 Å². The number of carbonyl (C=O) groups excluding carboxylic acids is 1. The number of amides is 1. The topological polar surface area (TPSA) is 110 Å². The molecule has 0 unspecified atom stereocenters. The van der Waals surface area contributed by atoms with E-state index < -0.39 is 0 Å². The van der Waals surface area contributed by atoms with Crippen molar-refractivity contribution in [2.24, 2.45) is 0 Å². The van der Waals surface area contributed by atoms with Gasteiger partial charge in [-0.15, -0.1) is 0 Å². The lowest BCUT2D eigenvalue weighted by atomic mass is 10.0. The van der Waals surface area contributed by atoms with Crippen LogP contribution in [-0.4, -0.2) is 35.4 Å². The number of H-pyrrole nitrogens is 1. The minimum absolute atomic E-state index is 0.148. The minimum atomic E-state index is -0.380. The van der Waals surface area contributed by atoms with Crippen LogP contribution in [-0.2, 0) is 11.2 Å². The second-order valence-electron chi connectivity index (χ2n) is 8.61. The van der Waals surface area contributed by atoms with E-state index in [1.165, 1.54) is 15.6 Å². The van der Waals surface area contributed by atoms with Gasteiger partial charge in [0, 0.05) is 11.1 Å². The fourth-order valence-electron chi connectivity index (χ4n) is 4.36. The normalized spacial score (nSPS) is 11.3. The van der Waals surface area contributed by atoms with Crippen molar-refractivity contribution < 1.29 is 4.79 Å². The molecule has 6 aromatic rings. The van der Waals surface area contributed by atoms with E-state index in [2.05, 4.69) is 25.5 Å². The summed E-state index contributed by atoms with van der Waals surface area (Å²) in [6.45, 7) is 1.80. The zero-order chi connectivity index (χ0) is 25.5. The van der Waals surface area contributed by atoms with Crippen molar-refractivity contribution in [3.63, 3.8) is 0 Å². The number of nitrogens with zero attached hydrogens (tertiary/aromatic N) is 5. The molecular weight excluding hydrogens is 490 g/mol. The second-order valence-corrected chi connectivity index (χ2v) is 9.05. The number of carbonyl (C=O) groups is 1. The van der Waals surface area contributed by atoms with E-state index in [0.717, 1.165) is 16.3 Å². The van der Waals surface area contributed by atoms with Crippen molar-refractivity contribution in [2.45, 2.75) is 13.3 Å². The quantitative estimate of drug-likeness (QED) is 0.353. The maximum atomic E-state index is 13.1. The molecule has 0 aliphatic heterocycles. The molecule has 3 aromatic carbocycles. The summed E-state index contributed by atoms with van der Waals surface area (Å²) in [6, 6.07) is 22.6. The molecule has 182 valence electrons. The number of halogens is 1. The number of nitrogens with one attached hydrogen (secondary N) is 2. The smallest absolute Gasteiger partial charge is 0.263 e. The summed E-state index contributed by atoms with van der Waals surface area (Å²) < 4.78 is 2.95. The molecule has 0 spiro atoms. The first kappa shape index (κ1) is 22.7. The third kappa shape index (κ3) is 4.25. The minimum Gasteiger partial charge on any atom is -0.310 e. The molecular formula is C27H20ClN7O2. The predicted molar refractivity (Wildman–Crippen MR) is 143 cm³/mol. The molecule has 6 rings (SSSR count). The van der Waals surface area contributed by atoms with Crippen molar-refractivity contribution in [2.75, 3.05) is 5.32 Å². The molecule has 0 aliphatic carbocycles. The van der Waals surface area contributed by atoms with Gasteiger partial charge in [0.15, 0.2) is 5.65 Å². The molecule has 2 N–H and O–H groups in total. The van der Waals surface area contributed by atoms with Gasteiger partial charge in [-0.3, -0.25) is 14.6 Å². The van der Waals surface area contributed by atoms with Gasteiger partial charge in [-0.05, 0) is 41.5 Å². The molecule has 0 saturated carbocycles. The van der Waals surface area contributed by atoms with E-state index in [1.807, 2.05) is 48.5 Å². The van der Waals surface area contributed by atoms with Crippen LogP contribution in [0.15, 0.2) is 83.8 Å². The van der Waals surface area contributed by atoms with Crippen LogP contribution in [0.5, 0.6) is 0 Å². The summed E-state index contributed by atoms with van der Waals surface area (Å²) in [4.78, 5) is 33.3. The van der Waals surface area contributed by atoms with E-state index in [-0.39, 0.29) is 23.8 Å². The lowest BCUT2D eigenvalue weighted by Crippen LogP contribution is -2.20. The molecule has 3 aromatic heterocycles. The molecule has 0 radical (unpaired) electrons. The van der Waals surface area contributed by atoms with Gasteiger partial charge in [0.2, 0.25) is 11.9 Å². The van der Waals surface area contributed by atoms with Crippen LogP contribution in [0, 0.1) is 6.92 Å². The third-order valence-electron chi connectivity index (χ3n) is 6.01. The van der Waals surface area contributed by atoms with Gasteiger partial charge in [-0.2, -0.15) is 19.9 Å². The fourth-order valence-corrected chi connectivity index (χ4v) is 4.55. The van der Waals surface area contributed by atoms with Crippen molar-refractivity contribution in [1.29, 1.82) is 0 Å². The zero-order valence-corrected chi connectivity index (χ0v) is 20.4. The Morgan fingerprint density at radius 1 is 1.00 bits per heavy atom. The van der Waals surface area contributed by atoms with Crippen molar-refractivity contribution in [1.82, 2.24) is 29.5 Å². The van der Waals surface area contributed by atoms with E-state index in [9.17, 15) is 9.59 Å². The molecule has 0 saturated heterocycles. The Balaban J connectivity index is 1.36. The molecule has 9 nitrogen and oxygen atoms in total. The summed E-state index contributed by atoms with van der Waals surface area (Å²) in [6.07, 6.45) is 1.63. The molecule has 37 heavy (non-hydrogen) atoms. The van der Waals surface area contributed by atoms with Crippen LogP contribution in [0.2, 0.25) is 5.02 Å². The zero-order valence-electron chi connectivity index (χ0n) is 19.6. The Bertz CT molecular complexity index is 1860. The van der Waals surface area contributed by atoms with E-state index in [4.69, 9.17) is 11.6 Å². The van der Waals surface area contributed by atoms with Crippen LogP contribution in [0.1, 0.15) is 11.3 Å². The number of fused-ring (bicyclic) bond motifs is 2. The number of aryl methyl sites for hydroxylation is 1. The molecule has 3 heterocycles. The van der Waals surface area contributed by atoms with Gasteiger partial charge in [-0.25, -0.2) is 4.68 Å². The first-order valence-electron chi connectivity index (χ1n) is 11.5. The van der Waals surface area contributed by atoms with Gasteiger partial charge in [0.1, 0.15) is 11.2 Å². The average Bonchev–Trinajstić information content (AvgIpc) is 3.48. The highest BCUT2D eigenvalue weighted by Crippen LogP contribution is 2.22. The van der Waals surface area contributed by atoms with E-state index in [0.29, 0.717) is 33.3 Å². The van der Waals surface area contributed by atoms with Crippen molar-refractivity contribution in [3.8, 4) is 11.6 Å². The van der Waals surface area contributed by atoms with Gasteiger partial charge >= 0.3 is 0 Å². The van der Waals surface area contributed by atoms with Gasteiger partial charge in [0.05, 0.1) is 24.0 Å². The third-order valence-corrected chi connectivity index (χ3v) is 6.24. The molecule has 1 amide bonds. The highest BCUT2D eigenvalue weighted by Gasteiger charge is 2.17. The van der Waals surface area contributed by atoms with Crippen LogP contribution < -0.4 is 10.9 Å². The highest BCUT2D eigenvalue weighted by atomic mass is 35.5. The standard InChI is InChI=1S/C27H20ClN7O2/c1-16-12-23(30-24(36)13-18-8-4-7-17-6-2-3-11-21(17)18)35(33-16)27-31-25-22(26(37)32-27)15-29-34(25)20-10-5-9-19(28)14-20/h2-12,14-15H,13H2,1H3,(H,30,36)(H,31,32,37). The number of aromatic nitrogens is 6. The van der Waals surface area contributed by atoms with Gasteiger partial charge < -0.3 is 5.32 Å². The highest BCUT2D eigenvalue weighted by molar-refractivity contribution is 6.30. The lowest BCUT2D eigenvalue weighted by Gasteiger charge is -2.10. The molecule has 0 fully saturated rings. The number of aromatic amines is 1. The van der Waals surface area contributed by atoms with Crippen LogP contribution >= 0.6 is 11.6 Å². The first-order valence-corrected chi connectivity index (χ1v) is 11.9. The number of hydrogen-bond donors (Lipinski definition) is 2. The Kier molecular flexibility index (Phi) is 5.54. The van der Waals surface area contributed by atoms with Crippen LogP contribution in [0.4, 0.5) is 5.82 Å². The molecule has 0 atom stereocenters. The Morgan fingerprint density at radius 3 is 2.68 bits per heavy atom. The Labute approximate surface area is 215 Å². The lowest BCUT2D eigenvalue weighted by molar-refractivity contribution is -0.115. The number of rotatable bonds is 5. The summed E-state index contributed by atoms with van der Waals surface area (Å²) in [5.41, 5.74) is 2.17. The number of hydrogen-bond acceptors (Lipinski definition) is 5. The summed E-state index contributed by atoms with van der Waals surface area (Å²) in [5.74, 6) is 0.318. The monoisotopic (exact) mass is 509 g/mol. The van der Waals surface area contributed by atoms with Crippen LogP contribution in [0.25, 0.3) is 33.4 Å². The number of anilines is 1. The first-order chi connectivity index (χ1) is 18.0. The van der Waals surface area contributed by atoms with E-state index >= 15 is 0 Å². The SMILES string of the molecule is Cc1cc(NC(=O)Cc2cccc3ccccc23)n(-c2nc3c(cnn3-c3cccc(Cl)c3)c(=O)[nH]2)n1. The Morgan fingerprint density at radius 2 is 1.81 bits per heavy atom. The largest absolute Gasteiger partial charge is 0.310 e. The predicted octanol–water partition coefficient (Wildman–Crippen LogP) is 4.59. The van der Waals surface area contributed by atoms with Gasteiger partial charge in [-0.1, -0.05) is 60.1 Å². The fraction of sp³-hybridized carbons (Fsp3) is 0.0741. The van der Waals surface area contributed by atoms with Crippen molar-refractivity contribution in [3.05, 3.63) is 106 Å². The second kappa shape index (κ2) is 9.03. The molecule has 0 aliphatic rings. The maximum Gasteiger partial charge on any atom is 0.263 e. The average molecular weight is 510 g/mol.